The molecule has 0 aromatic heterocycles. The lowest BCUT2D eigenvalue weighted by Crippen LogP contribution is -2.52. The normalized spacial score (nSPS) is 22.1. The Labute approximate surface area is 142 Å². The summed E-state index contributed by atoms with van der Waals surface area (Å²) >= 11 is 0. The standard InChI is InChI=1S/C18H26F3N3/c1-14-11-15(18(19,20)21)13-17(12-14)23-5-3-16(4-6-23)24-9-7-22(2)8-10-24/h11-13,16H,3-10H2,1-2H3. The fourth-order valence-electron chi connectivity index (χ4n) is 3.79. The number of rotatable bonds is 2. The van der Waals surface area contributed by atoms with Crippen LogP contribution in [0.1, 0.15) is 24.0 Å². The van der Waals surface area contributed by atoms with E-state index < -0.39 is 11.7 Å². The van der Waals surface area contributed by atoms with Crippen molar-refractivity contribution < 1.29 is 13.2 Å². The van der Waals surface area contributed by atoms with Crippen LogP contribution in [0.15, 0.2) is 18.2 Å². The maximum absolute atomic E-state index is 13.0. The fourth-order valence-corrected chi connectivity index (χ4v) is 3.79. The van der Waals surface area contributed by atoms with Gasteiger partial charge >= 0.3 is 6.18 Å². The minimum Gasteiger partial charge on any atom is -0.371 e. The van der Waals surface area contributed by atoms with E-state index in [4.69, 9.17) is 0 Å². The molecule has 2 aliphatic heterocycles. The van der Waals surface area contributed by atoms with Crippen LogP contribution in [0.5, 0.6) is 0 Å². The molecule has 24 heavy (non-hydrogen) atoms. The molecule has 0 aliphatic carbocycles. The molecule has 1 aromatic rings. The maximum atomic E-state index is 13.0. The van der Waals surface area contributed by atoms with Crippen LogP contribution in [-0.4, -0.2) is 62.2 Å². The van der Waals surface area contributed by atoms with Gasteiger partial charge in [-0.2, -0.15) is 13.2 Å². The van der Waals surface area contributed by atoms with E-state index >= 15 is 0 Å². The van der Waals surface area contributed by atoms with Crippen molar-refractivity contribution in [3.8, 4) is 0 Å². The molecule has 134 valence electrons. The highest BCUT2D eigenvalue weighted by atomic mass is 19.4. The lowest BCUT2D eigenvalue weighted by Gasteiger charge is -2.42. The Hall–Kier alpha value is -1.27. The SMILES string of the molecule is Cc1cc(N2CCC(N3CCN(C)CC3)CC2)cc(C(F)(F)F)c1. The van der Waals surface area contributed by atoms with Gasteiger partial charge in [0.25, 0.3) is 0 Å². The first kappa shape index (κ1) is 17.5. The van der Waals surface area contributed by atoms with Gasteiger partial charge < -0.3 is 9.80 Å². The average molecular weight is 341 g/mol. The number of aryl methyl sites for hydroxylation is 1. The van der Waals surface area contributed by atoms with Crippen LogP contribution in [0.3, 0.4) is 0 Å². The fraction of sp³-hybridized carbons (Fsp3) is 0.667. The number of anilines is 1. The summed E-state index contributed by atoms with van der Waals surface area (Å²) in [5.41, 5.74) is 0.832. The third-order valence-corrected chi connectivity index (χ3v) is 5.27. The lowest BCUT2D eigenvalue weighted by molar-refractivity contribution is -0.137. The van der Waals surface area contributed by atoms with Gasteiger partial charge in [0.2, 0.25) is 0 Å². The van der Waals surface area contributed by atoms with Gasteiger partial charge in [-0.25, -0.2) is 0 Å². The van der Waals surface area contributed by atoms with E-state index in [-0.39, 0.29) is 0 Å². The van der Waals surface area contributed by atoms with Gasteiger partial charge in [-0.3, -0.25) is 4.90 Å². The van der Waals surface area contributed by atoms with Gasteiger partial charge in [0.1, 0.15) is 0 Å². The number of nitrogens with zero attached hydrogens (tertiary/aromatic N) is 3. The molecular formula is C18H26F3N3. The first-order valence-electron chi connectivity index (χ1n) is 8.69. The molecule has 3 rings (SSSR count). The molecule has 2 fully saturated rings. The van der Waals surface area contributed by atoms with Crippen molar-refractivity contribution >= 4 is 5.69 Å². The van der Waals surface area contributed by atoms with E-state index in [0.29, 0.717) is 17.3 Å². The zero-order valence-electron chi connectivity index (χ0n) is 14.4. The Balaban J connectivity index is 1.63. The molecular weight excluding hydrogens is 315 g/mol. The highest BCUT2D eigenvalue weighted by Crippen LogP contribution is 2.34. The van der Waals surface area contributed by atoms with E-state index in [2.05, 4.69) is 21.7 Å². The minimum absolute atomic E-state index is 0.543. The first-order valence-corrected chi connectivity index (χ1v) is 8.69. The maximum Gasteiger partial charge on any atom is 0.416 e. The highest BCUT2D eigenvalue weighted by molar-refractivity contribution is 5.52. The van der Waals surface area contributed by atoms with Crippen molar-refractivity contribution in [2.45, 2.75) is 32.0 Å². The van der Waals surface area contributed by atoms with Gasteiger partial charge in [-0.15, -0.1) is 0 Å². The van der Waals surface area contributed by atoms with Crippen molar-refractivity contribution in [3.63, 3.8) is 0 Å². The second-order valence-corrected chi connectivity index (χ2v) is 7.11. The minimum atomic E-state index is -4.28. The molecule has 0 amide bonds. The van der Waals surface area contributed by atoms with E-state index in [1.54, 1.807) is 6.92 Å². The van der Waals surface area contributed by atoms with Crippen LogP contribution < -0.4 is 4.90 Å². The Kier molecular flexibility index (Phi) is 5.06. The second-order valence-electron chi connectivity index (χ2n) is 7.11. The average Bonchev–Trinajstić information content (AvgIpc) is 2.54. The number of hydrogen-bond donors (Lipinski definition) is 0. The summed E-state index contributed by atoms with van der Waals surface area (Å²) in [5, 5.41) is 0. The summed E-state index contributed by atoms with van der Waals surface area (Å²) in [6, 6.07) is 4.96. The molecule has 2 saturated heterocycles. The van der Waals surface area contributed by atoms with Gasteiger partial charge in [-0.05, 0) is 50.6 Å². The Morgan fingerprint density at radius 2 is 1.54 bits per heavy atom. The first-order chi connectivity index (χ1) is 11.3. The van der Waals surface area contributed by atoms with Gasteiger partial charge in [0, 0.05) is 51.0 Å². The monoisotopic (exact) mass is 341 g/mol. The summed E-state index contributed by atoms with van der Waals surface area (Å²) in [7, 11) is 2.15. The molecule has 2 aliphatic rings. The predicted octanol–water partition coefficient (Wildman–Crippen LogP) is 3.23. The predicted molar refractivity (Wildman–Crippen MR) is 90.5 cm³/mol. The molecule has 6 heteroatoms. The van der Waals surface area contributed by atoms with Crippen LogP contribution >= 0.6 is 0 Å². The lowest BCUT2D eigenvalue weighted by atomic mass is 10.0. The van der Waals surface area contributed by atoms with E-state index in [9.17, 15) is 13.2 Å². The molecule has 0 saturated carbocycles. The largest absolute Gasteiger partial charge is 0.416 e. The van der Waals surface area contributed by atoms with Crippen LogP contribution in [-0.2, 0) is 6.18 Å². The zero-order valence-corrected chi connectivity index (χ0v) is 14.4. The number of benzene rings is 1. The summed E-state index contributed by atoms with van der Waals surface area (Å²) in [6.07, 6.45) is -2.23. The van der Waals surface area contributed by atoms with E-state index in [1.807, 2.05) is 6.07 Å². The number of piperazine rings is 1. The third-order valence-electron chi connectivity index (χ3n) is 5.27. The number of likely N-dealkylation sites (N-methyl/N-ethyl adjacent to an activating group) is 1. The van der Waals surface area contributed by atoms with Crippen molar-refractivity contribution in [2.75, 3.05) is 51.2 Å². The number of halogens is 3. The Bertz CT molecular complexity index is 557. The van der Waals surface area contributed by atoms with Crippen molar-refractivity contribution in [1.82, 2.24) is 9.80 Å². The van der Waals surface area contributed by atoms with Gasteiger partial charge in [0.05, 0.1) is 5.56 Å². The summed E-state index contributed by atoms with van der Waals surface area (Å²) in [4.78, 5) is 7.00. The molecule has 0 radical (unpaired) electrons. The Morgan fingerprint density at radius 3 is 2.12 bits per heavy atom. The van der Waals surface area contributed by atoms with Crippen LogP contribution in [0.4, 0.5) is 18.9 Å². The molecule has 0 spiro atoms. The number of alkyl halides is 3. The third kappa shape index (κ3) is 4.03. The van der Waals surface area contributed by atoms with Crippen LogP contribution in [0.25, 0.3) is 0 Å². The highest BCUT2D eigenvalue weighted by Gasteiger charge is 2.32. The summed E-state index contributed by atoms with van der Waals surface area (Å²) in [6.45, 7) is 7.80. The van der Waals surface area contributed by atoms with E-state index in [1.165, 1.54) is 12.1 Å². The van der Waals surface area contributed by atoms with Gasteiger partial charge in [0.15, 0.2) is 0 Å². The zero-order chi connectivity index (χ0) is 17.3. The molecule has 1 aromatic carbocycles. The second kappa shape index (κ2) is 6.92. The van der Waals surface area contributed by atoms with Crippen molar-refractivity contribution in [2.24, 2.45) is 0 Å². The molecule has 0 bridgehead atoms. The van der Waals surface area contributed by atoms with Crippen LogP contribution in [0.2, 0.25) is 0 Å². The molecule has 0 atom stereocenters. The van der Waals surface area contributed by atoms with Crippen LogP contribution in [0, 0.1) is 6.92 Å². The van der Waals surface area contributed by atoms with Crippen molar-refractivity contribution in [1.29, 1.82) is 0 Å². The smallest absolute Gasteiger partial charge is 0.371 e. The molecule has 0 unspecified atom stereocenters. The Morgan fingerprint density at radius 1 is 0.917 bits per heavy atom. The molecule has 0 N–H and O–H groups in total. The number of hydrogen-bond acceptors (Lipinski definition) is 3. The summed E-state index contributed by atoms with van der Waals surface area (Å²) in [5.74, 6) is 0. The molecule has 2 heterocycles. The molecule has 3 nitrogen and oxygen atoms in total. The summed E-state index contributed by atoms with van der Waals surface area (Å²) < 4.78 is 39.1. The topological polar surface area (TPSA) is 9.72 Å². The number of piperidine rings is 1. The van der Waals surface area contributed by atoms with Crippen molar-refractivity contribution in [3.05, 3.63) is 29.3 Å². The quantitative estimate of drug-likeness (QED) is 0.818. The van der Waals surface area contributed by atoms with Gasteiger partial charge in [-0.1, -0.05) is 0 Å². The van der Waals surface area contributed by atoms with E-state index in [0.717, 1.165) is 52.1 Å².